The molecule has 0 bridgehead atoms. The van der Waals surface area contributed by atoms with E-state index < -0.39 is 23.1 Å². The molecular formula is C20H24N2O5S2. The van der Waals surface area contributed by atoms with E-state index in [1.807, 2.05) is 24.4 Å². The number of fused-ring (bicyclic) bond motifs is 1. The van der Waals surface area contributed by atoms with Crippen LogP contribution in [0.4, 0.5) is 0 Å². The molecule has 2 aliphatic heterocycles. The fourth-order valence-electron chi connectivity index (χ4n) is 3.26. The minimum atomic E-state index is -0.736. The summed E-state index contributed by atoms with van der Waals surface area (Å²) in [7, 11) is 0. The summed E-state index contributed by atoms with van der Waals surface area (Å²) in [6.07, 6.45) is 1.58. The summed E-state index contributed by atoms with van der Waals surface area (Å²) in [5, 5.41) is 1.87. The van der Waals surface area contributed by atoms with E-state index in [1.54, 1.807) is 13.8 Å². The number of carbonyl (C=O) groups excluding carboxylic acids is 3. The number of hydrogen-bond donors (Lipinski definition) is 1. The minimum Gasteiger partial charge on any atom is -0.463 e. The number of hydrogen-bond acceptors (Lipinski definition) is 8. The number of unbranched alkanes of at least 4 members (excludes halogenated alkanes) is 1. The molecular weight excluding hydrogens is 412 g/mol. The molecule has 1 fully saturated rings. The van der Waals surface area contributed by atoms with Gasteiger partial charge in [0.1, 0.15) is 5.82 Å². The Hall–Kier alpha value is -2.26. The molecule has 0 aliphatic carbocycles. The van der Waals surface area contributed by atoms with Crippen molar-refractivity contribution in [3.8, 4) is 0 Å². The van der Waals surface area contributed by atoms with Crippen molar-refractivity contribution in [2.45, 2.75) is 44.8 Å². The highest BCUT2D eigenvalue weighted by molar-refractivity contribution is 8.04. The SMILES string of the molecule is CCCCOC(=O)C1=C(N)N2C(=O)C(C)SC2=C(C(=O)OCC)C1c1cccs1. The molecule has 29 heavy (non-hydrogen) atoms. The van der Waals surface area contributed by atoms with Crippen molar-refractivity contribution >= 4 is 40.9 Å². The average Bonchev–Trinajstić information content (AvgIpc) is 3.30. The van der Waals surface area contributed by atoms with Gasteiger partial charge in [-0.1, -0.05) is 31.2 Å². The van der Waals surface area contributed by atoms with E-state index >= 15 is 0 Å². The highest BCUT2D eigenvalue weighted by Gasteiger charge is 2.49. The van der Waals surface area contributed by atoms with Crippen LogP contribution in [-0.4, -0.2) is 41.2 Å². The molecule has 156 valence electrons. The molecule has 2 N–H and O–H groups in total. The number of amides is 1. The predicted molar refractivity (Wildman–Crippen MR) is 112 cm³/mol. The highest BCUT2D eigenvalue weighted by Crippen LogP contribution is 2.50. The molecule has 9 heteroatoms. The van der Waals surface area contributed by atoms with Gasteiger partial charge in [-0.2, -0.15) is 0 Å². The molecule has 1 amide bonds. The lowest BCUT2D eigenvalue weighted by atomic mass is 9.86. The van der Waals surface area contributed by atoms with Crippen LogP contribution in [-0.2, 0) is 23.9 Å². The lowest BCUT2D eigenvalue weighted by Crippen LogP contribution is -2.40. The van der Waals surface area contributed by atoms with Gasteiger partial charge in [-0.3, -0.25) is 9.69 Å². The Balaban J connectivity index is 2.17. The van der Waals surface area contributed by atoms with Crippen molar-refractivity contribution < 1.29 is 23.9 Å². The largest absolute Gasteiger partial charge is 0.463 e. The normalized spacial score (nSPS) is 21.5. The van der Waals surface area contributed by atoms with E-state index in [-0.39, 0.29) is 36.1 Å². The fraction of sp³-hybridized carbons (Fsp3) is 0.450. The highest BCUT2D eigenvalue weighted by atomic mass is 32.2. The Morgan fingerprint density at radius 2 is 1.93 bits per heavy atom. The van der Waals surface area contributed by atoms with Crippen molar-refractivity contribution in [2.24, 2.45) is 5.73 Å². The molecule has 1 aromatic rings. The number of rotatable bonds is 7. The summed E-state index contributed by atoms with van der Waals surface area (Å²) < 4.78 is 10.7. The van der Waals surface area contributed by atoms with Crippen molar-refractivity contribution in [1.82, 2.24) is 4.90 Å². The molecule has 2 atom stereocenters. The molecule has 2 aliphatic rings. The van der Waals surface area contributed by atoms with Gasteiger partial charge in [0.05, 0.1) is 40.6 Å². The van der Waals surface area contributed by atoms with E-state index in [0.717, 1.165) is 11.3 Å². The molecule has 1 aromatic heterocycles. The van der Waals surface area contributed by atoms with Crippen molar-refractivity contribution in [3.63, 3.8) is 0 Å². The van der Waals surface area contributed by atoms with Gasteiger partial charge in [0, 0.05) is 4.88 Å². The summed E-state index contributed by atoms with van der Waals surface area (Å²) in [6, 6.07) is 3.67. The lowest BCUT2D eigenvalue weighted by Gasteiger charge is -2.32. The number of ether oxygens (including phenoxy) is 2. The molecule has 3 heterocycles. The van der Waals surface area contributed by atoms with Gasteiger partial charge in [-0.25, -0.2) is 9.59 Å². The van der Waals surface area contributed by atoms with Gasteiger partial charge in [-0.15, -0.1) is 11.3 Å². The third-order valence-electron chi connectivity index (χ3n) is 4.66. The Labute approximate surface area is 177 Å². The van der Waals surface area contributed by atoms with Crippen LogP contribution in [0.5, 0.6) is 0 Å². The van der Waals surface area contributed by atoms with Crippen LogP contribution in [0.25, 0.3) is 0 Å². The molecule has 3 rings (SSSR count). The monoisotopic (exact) mass is 436 g/mol. The second-order valence-corrected chi connectivity index (χ2v) is 8.92. The topological polar surface area (TPSA) is 98.9 Å². The van der Waals surface area contributed by atoms with Crippen LogP contribution in [0.3, 0.4) is 0 Å². The quantitative estimate of drug-likeness (QED) is 0.518. The summed E-state index contributed by atoms with van der Waals surface area (Å²) >= 11 is 2.66. The summed E-state index contributed by atoms with van der Waals surface area (Å²) in [5.74, 6) is -2.16. The lowest BCUT2D eigenvalue weighted by molar-refractivity contribution is -0.140. The van der Waals surface area contributed by atoms with E-state index in [0.29, 0.717) is 11.4 Å². The minimum absolute atomic E-state index is 0.0230. The summed E-state index contributed by atoms with van der Waals surface area (Å²) in [5.41, 5.74) is 6.71. The Morgan fingerprint density at radius 3 is 2.55 bits per heavy atom. The number of thioether (sulfide) groups is 1. The number of carbonyl (C=O) groups is 3. The molecule has 2 unspecified atom stereocenters. The van der Waals surface area contributed by atoms with Crippen LogP contribution >= 0.6 is 23.1 Å². The number of esters is 2. The fourth-order valence-corrected chi connectivity index (χ4v) is 5.27. The smallest absolute Gasteiger partial charge is 0.338 e. The van der Waals surface area contributed by atoms with E-state index in [2.05, 4.69) is 0 Å². The first kappa shape index (κ1) is 21.4. The van der Waals surface area contributed by atoms with Crippen molar-refractivity contribution in [2.75, 3.05) is 13.2 Å². The number of nitrogens with two attached hydrogens (primary N) is 1. The van der Waals surface area contributed by atoms with Gasteiger partial charge in [0.15, 0.2) is 0 Å². The third kappa shape index (κ3) is 3.93. The van der Waals surface area contributed by atoms with Crippen molar-refractivity contribution in [3.05, 3.63) is 44.4 Å². The Kier molecular flexibility index (Phi) is 6.69. The zero-order chi connectivity index (χ0) is 21.1. The predicted octanol–water partition coefficient (Wildman–Crippen LogP) is 3.10. The van der Waals surface area contributed by atoms with Crippen LogP contribution in [0, 0.1) is 0 Å². The van der Waals surface area contributed by atoms with Gasteiger partial charge < -0.3 is 15.2 Å². The third-order valence-corrected chi connectivity index (χ3v) is 6.78. The molecule has 1 saturated heterocycles. The van der Waals surface area contributed by atoms with Crippen molar-refractivity contribution in [1.29, 1.82) is 0 Å². The van der Waals surface area contributed by atoms with E-state index in [9.17, 15) is 14.4 Å². The van der Waals surface area contributed by atoms with Gasteiger partial charge >= 0.3 is 11.9 Å². The Morgan fingerprint density at radius 1 is 1.21 bits per heavy atom. The zero-order valence-corrected chi connectivity index (χ0v) is 18.2. The standard InChI is InChI=1S/C20H24N2O5S2/c1-4-6-9-27-19(24)14-13(12-8-7-10-28-12)15(20(25)26-5-2)18-22(16(14)21)17(23)11(3)29-18/h7-8,10-11,13H,4-6,9,21H2,1-3H3. The first-order valence-corrected chi connectivity index (χ1v) is 11.3. The van der Waals surface area contributed by atoms with Crippen LogP contribution in [0.15, 0.2) is 39.5 Å². The number of thiophene rings is 1. The molecule has 0 spiro atoms. The van der Waals surface area contributed by atoms with Crippen LogP contribution in [0.2, 0.25) is 0 Å². The summed E-state index contributed by atoms with van der Waals surface area (Å²) in [6.45, 7) is 5.87. The Bertz CT molecular complexity index is 875. The van der Waals surface area contributed by atoms with Gasteiger partial charge in [-0.05, 0) is 31.7 Å². The molecule has 0 aromatic carbocycles. The average molecular weight is 437 g/mol. The maximum absolute atomic E-state index is 13.0. The van der Waals surface area contributed by atoms with Crippen LogP contribution in [0.1, 0.15) is 44.4 Å². The van der Waals surface area contributed by atoms with E-state index in [4.69, 9.17) is 15.2 Å². The second-order valence-electron chi connectivity index (χ2n) is 6.61. The maximum atomic E-state index is 13.0. The molecule has 0 saturated carbocycles. The van der Waals surface area contributed by atoms with Gasteiger partial charge in [0.2, 0.25) is 5.91 Å². The maximum Gasteiger partial charge on any atom is 0.338 e. The first-order valence-electron chi connectivity index (χ1n) is 9.54. The molecule has 0 radical (unpaired) electrons. The van der Waals surface area contributed by atoms with Gasteiger partial charge in [0.25, 0.3) is 0 Å². The van der Waals surface area contributed by atoms with E-state index in [1.165, 1.54) is 28.0 Å². The first-order chi connectivity index (χ1) is 13.9. The van der Waals surface area contributed by atoms with Crippen LogP contribution < -0.4 is 5.73 Å². The molecule has 7 nitrogen and oxygen atoms in total. The zero-order valence-electron chi connectivity index (χ0n) is 16.6. The number of nitrogens with zero attached hydrogens (tertiary/aromatic N) is 1. The second kappa shape index (κ2) is 9.04. The summed E-state index contributed by atoms with van der Waals surface area (Å²) in [4.78, 5) is 40.8.